The van der Waals surface area contributed by atoms with Crippen molar-refractivity contribution in [2.45, 2.75) is 31.0 Å². The summed E-state index contributed by atoms with van der Waals surface area (Å²) in [6.45, 7) is -2.87. The van der Waals surface area contributed by atoms with E-state index in [1.54, 1.807) is 6.92 Å². The highest BCUT2D eigenvalue weighted by Crippen LogP contribution is 2.52. The van der Waals surface area contributed by atoms with Gasteiger partial charge in [-0.3, -0.25) is 9.09 Å². The normalized spacial score (nSPS) is 33.3. The quantitative estimate of drug-likeness (QED) is 0.459. The molecule has 2 fully saturated rings. The number of aromatic nitrogens is 2. The van der Waals surface area contributed by atoms with Crippen LogP contribution in [0.15, 0.2) is 11.0 Å². The Hall–Kier alpha value is -0.910. The number of aliphatic hydroxyl groups excluding tert-OH is 1. The molecule has 1 aromatic heterocycles. The maximum atomic E-state index is 12.1. The van der Waals surface area contributed by atoms with Crippen molar-refractivity contribution in [1.29, 1.82) is 0 Å². The monoisotopic (exact) mass is 365 g/mol. The van der Waals surface area contributed by atoms with Crippen molar-refractivity contribution >= 4 is 24.3 Å². The van der Waals surface area contributed by atoms with Crippen LogP contribution in [0.25, 0.3) is 0 Å². The summed E-state index contributed by atoms with van der Waals surface area (Å²) in [5, 5.41) is 9.65. The van der Waals surface area contributed by atoms with E-state index in [-0.39, 0.29) is 12.4 Å². The molecule has 3 heterocycles. The van der Waals surface area contributed by atoms with Crippen molar-refractivity contribution in [2.24, 2.45) is 0 Å². The van der Waals surface area contributed by atoms with Crippen LogP contribution in [0.4, 0.5) is 5.82 Å². The summed E-state index contributed by atoms with van der Waals surface area (Å²) in [6.07, 6.45) is -1.38. The smallest absolute Gasteiger partial charge is 0.351 e. The predicted octanol–water partition coefficient (Wildman–Crippen LogP) is -1.61. The van der Waals surface area contributed by atoms with Gasteiger partial charge in [0.15, 0.2) is 6.23 Å². The average molecular weight is 365 g/mol. The first kappa shape index (κ1) is 16.9. The number of fused-ring (bicyclic) bond motifs is 2. The molecule has 10 nitrogen and oxygen atoms in total. The number of ether oxygens (including phenoxy) is 2. The van der Waals surface area contributed by atoms with Gasteiger partial charge < -0.3 is 30.1 Å². The number of aliphatic hydroxyl groups is 1. The summed E-state index contributed by atoms with van der Waals surface area (Å²) in [6, 6.07) is 0. The first-order valence-corrected chi connectivity index (χ1v) is 9.29. The number of nitrogens with two attached hydrogens (primary N) is 1. The predicted molar refractivity (Wildman–Crippen MR) is 80.9 cm³/mol. The summed E-state index contributed by atoms with van der Waals surface area (Å²) in [7, 11) is 0. The fraction of sp³-hybridized carbons (Fsp3) is 0.636. The van der Waals surface area contributed by atoms with E-state index < -0.39 is 43.1 Å². The minimum atomic E-state index is -4.01. The third-order valence-electron chi connectivity index (χ3n) is 3.94. The van der Waals surface area contributed by atoms with Crippen LogP contribution in [0.1, 0.15) is 11.8 Å². The van der Waals surface area contributed by atoms with Gasteiger partial charge in [-0.15, -0.1) is 0 Å². The zero-order valence-corrected chi connectivity index (χ0v) is 13.7. The molecule has 0 amide bonds. The Bertz CT molecular complexity index is 737. The molecule has 0 radical (unpaired) electrons. The Morgan fingerprint density at radius 3 is 2.96 bits per heavy atom. The third kappa shape index (κ3) is 2.83. The van der Waals surface area contributed by atoms with Gasteiger partial charge in [0.25, 0.3) is 0 Å². The van der Waals surface area contributed by atoms with Crippen molar-refractivity contribution in [1.82, 2.24) is 9.55 Å². The summed E-state index contributed by atoms with van der Waals surface area (Å²) in [4.78, 5) is 34.6. The summed E-state index contributed by atoms with van der Waals surface area (Å²) in [5.41, 5.74) is 4.15. The standard InChI is InChI=1S/C11H16N3O7PS/c1-5-2-14(10(16)13-8(5)12)9-6-7(21-22(17,18)23)11(3-15,20-9)4-19-6/h2,6-7,9,15H,3-4H2,1H3,(H2,12,13,16)(H2,17,18,23)/t6-,7?,9+,11-/m0/s1. The van der Waals surface area contributed by atoms with Crippen LogP contribution >= 0.6 is 6.72 Å². The Kier molecular flexibility index (Phi) is 4.10. The highest BCUT2D eigenvalue weighted by atomic mass is 32.5. The van der Waals surface area contributed by atoms with Crippen LogP contribution in [-0.4, -0.2) is 55.5 Å². The third-order valence-corrected chi connectivity index (χ3v) is 4.70. The van der Waals surface area contributed by atoms with E-state index in [0.717, 1.165) is 0 Å². The van der Waals surface area contributed by atoms with E-state index in [0.29, 0.717) is 5.56 Å². The number of hydrogen-bond acceptors (Lipinski definition) is 8. The molecule has 5 N–H and O–H groups in total. The highest BCUT2D eigenvalue weighted by Gasteiger charge is 2.64. The lowest BCUT2D eigenvalue weighted by Gasteiger charge is -2.30. The molecule has 0 saturated carbocycles. The summed E-state index contributed by atoms with van der Waals surface area (Å²) >= 11 is 4.48. The van der Waals surface area contributed by atoms with Gasteiger partial charge in [0.1, 0.15) is 23.6 Å². The molecular weight excluding hydrogens is 349 g/mol. The molecule has 4 atom stereocenters. The van der Waals surface area contributed by atoms with Gasteiger partial charge in [-0.1, -0.05) is 0 Å². The topological polar surface area (TPSA) is 149 Å². The number of anilines is 1. The molecule has 1 unspecified atom stereocenters. The zero-order chi connectivity index (χ0) is 17.0. The lowest BCUT2D eigenvalue weighted by Crippen LogP contribution is -2.45. The molecule has 2 aliphatic heterocycles. The fourth-order valence-corrected chi connectivity index (χ4v) is 3.69. The highest BCUT2D eigenvalue weighted by molar-refractivity contribution is 8.06. The molecule has 2 saturated heterocycles. The first-order valence-electron chi connectivity index (χ1n) is 6.66. The maximum Gasteiger partial charge on any atom is 0.351 e. The first-order chi connectivity index (χ1) is 10.7. The molecule has 2 aliphatic rings. The van der Waals surface area contributed by atoms with Crippen LogP contribution in [0.5, 0.6) is 0 Å². The number of nitrogens with zero attached hydrogens (tertiary/aromatic N) is 2. The largest absolute Gasteiger partial charge is 0.393 e. The van der Waals surface area contributed by atoms with Gasteiger partial charge in [-0.2, -0.15) is 4.98 Å². The minimum Gasteiger partial charge on any atom is -0.393 e. The van der Waals surface area contributed by atoms with Crippen molar-refractivity contribution in [3.05, 3.63) is 22.2 Å². The van der Waals surface area contributed by atoms with E-state index in [1.165, 1.54) is 10.8 Å². The summed E-state index contributed by atoms with van der Waals surface area (Å²) in [5.74, 6) is 0.0983. The van der Waals surface area contributed by atoms with Crippen LogP contribution in [-0.2, 0) is 25.8 Å². The van der Waals surface area contributed by atoms with E-state index in [2.05, 4.69) is 16.8 Å². The fourth-order valence-electron chi connectivity index (χ4n) is 2.80. The van der Waals surface area contributed by atoms with E-state index >= 15 is 0 Å². The van der Waals surface area contributed by atoms with Crippen molar-refractivity contribution in [3.63, 3.8) is 0 Å². The molecule has 0 aliphatic carbocycles. The molecule has 0 spiro atoms. The van der Waals surface area contributed by atoms with E-state index in [9.17, 15) is 19.7 Å². The van der Waals surface area contributed by atoms with Crippen molar-refractivity contribution in [2.75, 3.05) is 18.9 Å². The molecular formula is C11H16N3O7PS. The Morgan fingerprint density at radius 2 is 2.35 bits per heavy atom. The van der Waals surface area contributed by atoms with Gasteiger partial charge in [0, 0.05) is 11.8 Å². The van der Waals surface area contributed by atoms with Crippen LogP contribution in [0, 0.1) is 6.92 Å². The number of rotatable bonds is 4. The average Bonchev–Trinajstić information content (AvgIpc) is 2.93. The maximum absolute atomic E-state index is 12.1. The second-order valence-corrected chi connectivity index (χ2v) is 8.14. The summed E-state index contributed by atoms with van der Waals surface area (Å²) < 4.78 is 17.5. The molecule has 1 aromatic rings. The van der Waals surface area contributed by atoms with Crippen LogP contribution in [0.2, 0.25) is 0 Å². The van der Waals surface area contributed by atoms with E-state index in [4.69, 9.17) is 19.7 Å². The molecule has 23 heavy (non-hydrogen) atoms. The molecule has 3 rings (SSSR count). The van der Waals surface area contributed by atoms with Gasteiger partial charge in [0.05, 0.1) is 13.2 Å². The van der Waals surface area contributed by atoms with Crippen LogP contribution < -0.4 is 11.4 Å². The second kappa shape index (κ2) is 5.57. The Balaban J connectivity index is 2.00. The van der Waals surface area contributed by atoms with E-state index in [1.807, 2.05) is 0 Å². The van der Waals surface area contributed by atoms with Crippen molar-refractivity contribution < 1.29 is 28.9 Å². The zero-order valence-electron chi connectivity index (χ0n) is 12.0. The molecule has 128 valence electrons. The van der Waals surface area contributed by atoms with Gasteiger partial charge in [-0.25, -0.2) is 4.79 Å². The Labute approximate surface area is 135 Å². The molecule has 2 bridgehead atoms. The Morgan fingerprint density at radius 1 is 1.65 bits per heavy atom. The second-order valence-electron chi connectivity index (χ2n) is 5.52. The van der Waals surface area contributed by atoms with Gasteiger partial charge in [0.2, 0.25) is 0 Å². The van der Waals surface area contributed by atoms with Crippen molar-refractivity contribution in [3.8, 4) is 0 Å². The number of hydrogen-bond donors (Lipinski definition) is 4. The number of aryl methyl sites for hydroxylation is 1. The van der Waals surface area contributed by atoms with Gasteiger partial charge >= 0.3 is 12.4 Å². The lowest BCUT2D eigenvalue weighted by molar-refractivity contribution is -0.187. The lowest BCUT2D eigenvalue weighted by atomic mass is 10.0. The molecule has 0 aromatic carbocycles. The SMILES string of the molecule is Cc1cn([C@@H]2O[C@@]3(CO)CO[C@H]2C3OP(O)(O)=S)c(=O)nc1N. The van der Waals surface area contributed by atoms with Gasteiger partial charge in [-0.05, 0) is 18.7 Å². The number of nitrogen functional groups attached to an aromatic ring is 1. The molecule has 12 heteroatoms. The minimum absolute atomic E-state index is 0.0270. The van der Waals surface area contributed by atoms with Crippen LogP contribution in [0.3, 0.4) is 0 Å².